The Balaban J connectivity index is 2.14. The summed E-state index contributed by atoms with van der Waals surface area (Å²) in [4.78, 5) is 0. The normalized spacial score (nSPS) is 12.2. The van der Waals surface area contributed by atoms with Crippen molar-refractivity contribution in [1.29, 1.82) is 0 Å². The Kier molecular flexibility index (Phi) is 4.12. The van der Waals surface area contributed by atoms with E-state index in [4.69, 9.17) is 4.74 Å². The fourth-order valence-corrected chi connectivity index (χ4v) is 1.72. The molecule has 0 aliphatic heterocycles. The van der Waals surface area contributed by atoms with E-state index < -0.39 is 11.9 Å². The van der Waals surface area contributed by atoms with Crippen LogP contribution >= 0.6 is 0 Å². The Morgan fingerprint density at radius 3 is 2.32 bits per heavy atom. The molecule has 0 fully saturated rings. The van der Waals surface area contributed by atoms with Gasteiger partial charge in [-0.25, -0.2) is 8.78 Å². The van der Waals surface area contributed by atoms with Crippen molar-refractivity contribution < 1.29 is 18.6 Å². The topological polar surface area (TPSA) is 29.5 Å². The van der Waals surface area contributed by atoms with E-state index in [1.165, 1.54) is 30.3 Å². The third-order valence-electron chi connectivity index (χ3n) is 2.73. The zero-order valence-electron chi connectivity index (χ0n) is 10.4. The van der Waals surface area contributed by atoms with Gasteiger partial charge in [-0.2, -0.15) is 0 Å². The lowest BCUT2D eigenvalue weighted by atomic mass is 10.1. The molecular formula is C15H14F2O2. The van der Waals surface area contributed by atoms with E-state index in [9.17, 15) is 13.9 Å². The van der Waals surface area contributed by atoms with E-state index in [0.717, 1.165) is 5.56 Å². The van der Waals surface area contributed by atoms with Gasteiger partial charge in [-0.3, -0.25) is 0 Å². The number of benzene rings is 2. The highest BCUT2D eigenvalue weighted by molar-refractivity contribution is 5.35. The largest absolute Gasteiger partial charge is 0.488 e. The molecule has 0 aromatic heterocycles. The molecule has 0 saturated heterocycles. The number of hydrogen-bond acceptors (Lipinski definition) is 2. The molecule has 1 atom stereocenters. The van der Waals surface area contributed by atoms with Crippen LogP contribution in [0.2, 0.25) is 0 Å². The van der Waals surface area contributed by atoms with Crippen LogP contribution in [0, 0.1) is 11.6 Å². The Hall–Kier alpha value is -1.94. The smallest absolute Gasteiger partial charge is 0.128 e. The van der Waals surface area contributed by atoms with E-state index in [0.29, 0.717) is 11.3 Å². The molecular weight excluding hydrogens is 250 g/mol. The van der Waals surface area contributed by atoms with Crippen LogP contribution in [0.3, 0.4) is 0 Å². The fraction of sp³-hybridized carbons (Fsp3) is 0.200. The summed E-state index contributed by atoms with van der Waals surface area (Å²) >= 11 is 0. The van der Waals surface area contributed by atoms with Gasteiger partial charge in [0.2, 0.25) is 0 Å². The van der Waals surface area contributed by atoms with Crippen LogP contribution in [0.25, 0.3) is 0 Å². The van der Waals surface area contributed by atoms with E-state index in [1.54, 1.807) is 19.1 Å². The van der Waals surface area contributed by atoms with Crippen molar-refractivity contribution in [2.45, 2.75) is 19.6 Å². The second-order valence-electron chi connectivity index (χ2n) is 4.27. The van der Waals surface area contributed by atoms with Gasteiger partial charge in [-0.05, 0) is 36.8 Å². The highest BCUT2D eigenvalue weighted by Crippen LogP contribution is 2.26. The lowest BCUT2D eigenvalue weighted by Gasteiger charge is -2.13. The molecule has 0 radical (unpaired) electrons. The highest BCUT2D eigenvalue weighted by Gasteiger charge is 2.10. The van der Waals surface area contributed by atoms with Crippen LogP contribution in [0.1, 0.15) is 24.2 Å². The number of ether oxygens (including phenoxy) is 1. The summed E-state index contributed by atoms with van der Waals surface area (Å²) in [6, 6.07) is 9.84. The quantitative estimate of drug-likeness (QED) is 0.914. The van der Waals surface area contributed by atoms with Gasteiger partial charge >= 0.3 is 0 Å². The highest BCUT2D eigenvalue weighted by atomic mass is 19.1. The van der Waals surface area contributed by atoms with Gasteiger partial charge in [0.15, 0.2) is 0 Å². The maximum absolute atomic E-state index is 13.2. The van der Waals surface area contributed by atoms with Crippen LogP contribution < -0.4 is 4.74 Å². The first kappa shape index (κ1) is 13.5. The number of aliphatic hydroxyl groups excluding tert-OH is 1. The fourth-order valence-electron chi connectivity index (χ4n) is 1.72. The third-order valence-corrected chi connectivity index (χ3v) is 2.73. The first-order valence-electron chi connectivity index (χ1n) is 5.91. The van der Waals surface area contributed by atoms with Crippen molar-refractivity contribution in [1.82, 2.24) is 0 Å². The Morgan fingerprint density at radius 2 is 1.68 bits per heavy atom. The minimum Gasteiger partial charge on any atom is -0.488 e. The van der Waals surface area contributed by atoms with Crippen molar-refractivity contribution in [2.75, 3.05) is 0 Å². The average Bonchev–Trinajstić information content (AvgIpc) is 2.38. The summed E-state index contributed by atoms with van der Waals surface area (Å²) in [5.74, 6) is -0.461. The van der Waals surface area contributed by atoms with Gasteiger partial charge in [0.1, 0.15) is 24.0 Å². The van der Waals surface area contributed by atoms with Gasteiger partial charge in [0.05, 0.1) is 6.10 Å². The summed E-state index contributed by atoms with van der Waals surface area (Å²) in [5.41, 5.74) is 1.28. The van der Waals surface area contributed by atoms with Crippen LogP contribution in [0.15, 0.2) is 42.5 Å². The van der Waals surface area contributed by atoms with Gasteiger partial charge < -0.3 is 9.84 Å². The Bertz CT molecular complexity index is 551. The summed E-state index contributed by atoms with van der Waals surface area (Å²) < 4.78 is 31.4. The second kappa shape index (κ2) is 5.80. The second-order valence-corrected chi connectivity index (χ2v) is 4.27. The molecule has 0 bridgehead atoms. The van der Waals surface area contributed by atoms with Crippen molar-refractivity contribution in [2.24, 2.45) is 0 Å². The molecule has 0 unspecified atom stereocenters. The molecule has 2 rings (SSSR count). The van der Waals surface area contributed by atoms with Gasteiger partial charge in [-0.15, -0.1) is 0 Å². The van der Waals surface area contributed by atoms with E-state index in [2.05, 4.69) is 0 Å². The molecule has 4 heteroatoms. The first-order chi connectivity index (χ1) is 9.06. The lowest BCUT2D eigenvalue weighted by molar-refractivity contribution is 0.190. The maximum atomic E-state index is 13.2. The molecule has 2 aromatic carbocycles. The summed E-state index contributed by atoms with van der Waals surface area (Å²) in [5, 5.41) is 9.58. The van der Waals surface area contributed by atoms with E-state index in [-0.39, 0.29) is 12.4 Å². The molecule has 1 N–H and O–H groups in total. The molecule has 0 spiro atoms. The van der Waals surface area contributed by atoms with Crippen LogP contribution in [0.4, 0.5) is 8.78 Å². The van der Waals surface area contributed by atoms with Gasteiger partial charge in [-0.1, -0.05) is 12.1 Å². The molecule has 2 aromatic rings. The molecule has 0 heterocycles. The predicted molar refractivity (Wildman–Crippen MR) is 67.8 cm³/mol. The number of aliphatic hydroxyl groups is 1. The molecule has 100 valence electrons. The third kappa shape index (κ3) is 3.51. The summed E-state index contributed by atoms with van der Waals surface area (Å²) in [6.45, 7) is 1.77. The number of rotatable bonds is 4. The molecule has 0 amide bonds. The minimum atomic E-state index is -0.746. The van der Waals surface area contributed by atoms with Crippen LogP contribution in [-0.2, 0) is 6.61 Å². The SMILES string of the molecule is C[C@@H](O)c1ccc(F)cc1OCc1ccc(F)cc1. The monoisotopic (exact) mass is 264 g/mol. The molecule has 0 saturated carbocycles. The predicted octanol–water partition coefficient (Wildman–Crippen LogP) is 3.60. The average molecular weight is 264 g/mol. The Labute approximate surface area is 110 Å². The van der Waals surface area contributed by atoms with Crippen LogP contribution in [0.5, 0.6) is 5.75 Å². The lowest BCUT2D eigenvalue weighted by Crippen LogP contribution is -2.01. The standard InChI is InChI=1S/C15H14F2O2/c1-10(18)14-7-6-13(17)8-15(14)19-9-11-2-4-12(16)5-3-11/h2-8,10,18H,9H2,1H3/t10-/m1/s1. The van der Waals surface area contributed by atoms with Crippen molar-refractivity contribution in [3.8, 4) is 5.75 Å². The zero-order chi connectivity index (χ0) is 13.8. The van der Waals surface area contributed by atoms with Crippen molar-refractivity contribution in [3.05, 3.63) is 65.2 Å². The number of halogens is 2. The first-order valence-corrected chi connectivity index (χ1v) is 5.91. The van der Waals surface area contributed by atoms with Crippen LogP contribution in [-0.4, -0.2) is 5.11 Å². The number of hydrogen-bond donors (Lipinski definition) is 1. The zero-order valence-corrected chi connectivity index (χ0v) is 10.4. The summed E-state index contributed by atoms with van der Waals surface area (Å²) in [6.07, 6.45) is -0.746. The van der Waals surface area contributed by atoms with E-state index >= 15 is 0 Å². The molecule has 0 aliphatic carbocycles. The van der Waals surface area contributed by atoms with Crippen molar-refractivity contribution in [3.63, 3.8) is 0 Å². The van der Waals surface area contributed by atoms with Gasteiger partial charge in [0.25, 0.3) is 0 Å². The Morgan fingerprint density at radius 1 is 1.05 bits per heavy atom. The molecule has 2 nitrogen and oxygen atoms in total. The molecule has 0 aliphatic rings. The van der Waals surface area contributed by atoms with Gasteiger partial charge in [0, 0.05) is 11.6 Å². The van der Waals surface area contributed by atoms with Crippen molar-refractivity contribution >= 4 is 0 Å². The van der Waals surface area contributed by atoms with E-state index in [1.807, 2.05) is 0 Å². The molecule has 19 heavy (non-hydrogen) atoms. The minimum absolute atomic E-state index is 0.184. The summed E-state index contributed by atoms with van der Waals surface area (Å²) in [7, 11) is 0. The maximum Gasteiger partial charge on any atom is 0.128 e.